The molecule has 0 radical (unpaired) electrons. The smallest absolute Gasteiger partial charge is 0.237 e. The second-order valence-corrected chi connectivity index (χ2v) is 2.95. The molecule has 0 aliphatic carbocycles. The highest BCUT2D eigenvalue weighted by atomic mass is 16.3. The van der Waals surface area contributed by atoms with Gasteiger partial charge in [-0.3, -0.25) is 4.90 Å². The third-order valence-electron chi connectivity index (χ3n) is 2.06. The predicted molar refractivity (Wildman–Crippen MR) is 43.1 cm³/mol. The van der Waals surface area contributed by atoms with Crippen LogP contribution in [0.3, 0.4) is 0 Å². The fourth-order valence-electron chi connectivity index (χ4n) is 1.41. The Hall–Kier alpha value is -0.590. The second kappa shape index (κ2) is 4.32. The topological polar surface area (TPSA) is 27.8 Å². The van der Waals surface area contributed by atoms with Gasteiger partial charge in [0.1, 0.15) is 0 Å². The molecular weight excluding hydrogens is 140 g/mol. The van der Waals surface area contributed by atoms with Gasteiger partial charge in [-0.05, 0) is 6.42 Å². The van der Waals surface area contributed by atoms with Crippen molar-refractivity contribution < 1.29 is 5.11 Å². The van der Waals surface area contributed by atoms with Gasteiger partial charge in [-0.25, -0.2) is 6.57 Å². The van der Waals surface area contributed by atoms with E-state index < -0.39 is 0 Å². The molecule has 0 bridgehead atoms. The van der Waals surface area contributed by atoms with Gasteiger partial charge in [-0.2, -0.15) is 0 Å². The summed E-state index contributed by atoms with van der Waals surface area (Å²) in [6.45, 7) is 9.97. The van der Waals surface area contributed by atoms with Crippen LogP contribution in [-0.4, -0.2) is 42.3 Å². The SMILES string of the molecule is [C-]#[N+][C@H]1CCN(CCCO)C1. The number of likely N-dealkylation sites (tertiary alicyclic amines) is 1. The van der Waals surface area contributed by atoms with Gasteiger partial charge in [-0.15, -0.1) is 0 Å². The van der Waals surface area contributed by atoms with E-state index in [0.29, 0.717) is 0 Å². The molecule has 0 aromatic carbocycles. The number of nitrogens with zero attached hydrogens (tertiary/aromatic N) is 2. The molecule has 1 rings (SSSR count). The summed E-state index contributed by atoms with van der Waals surface area (Å²) in [5.41, 5.74) is 0. The van der Waals surface area contributed by atoms with E-state index in [1.807, 2.05) is 0 Å². The number of aliphatic hydroxyl groups is 1. The van der Waals surface area contributed by atoms with Crippen molar-refractivity contribution in [3.63, 3.8) is 0 Å². The molecule has 0 aromatic heterocycles. The van der Waals surface area contributed by atoms with Gasteiger partial charge < -0.3 is 9.95 Å². The molecule has 1 fully saturated rings. The zero-order valence-electron chi connectivity index (χ0n) is 6.66. The largest absolute Gasteiger partial charge is 0.396 e. The molecule has 1 N–H and O–H groups in total. The fraction of sp³-hybridized carbons (Fsp3) is 0.875. The van der Waals surface area contributed by atoms with Gasteiger partial charge in [0.15, 0.2) is 0 Å². The molecule has 1 aliphatic heterocycles. The van der Waals surface area contributed by atoms with Gasteiger partial charge >= 0.3 is 0 Å². The summed E-state index contributed by atoms with van der Waals surface area (Å²) in [5.74, 6) is 0. The predicted octanol–water partition coefficient (Wildman–Crippen LogP) is 0.362. The summed E-state index contributed by atoms with van der Waals surface area (Å²) in [6.07, 6.45) is 1.85. The van der Waals surface area contributed by atoms with Gasteiger partial charge in [0.2, 0.25) is 6.04 Å². The van der Waals surface area contributed by atoms with Crippen LogP contribution in [0.25, 0.3) is 4.85 Å². The summed E-state index contributed by atoms with van der Waals surface area (Å²) >= 11 is 0. The van der Waals surface area contributed by atoms with Crippen LogP contribution in [-0.2, 0) is 0 Å². The van der Waals surface area contributed by atoms with Gasteiger partial charge in [0.05, 0.1) is 6.54 Å². The van der Waals surface area contributed by atoms with Crippen molar-refractivity contribution in [2.24, 2.45) is 0 Å². The van der Waals surface area contributed by atoms with Crippen molar-refractivity contribution in [1.29, 1.82) is 0 Å². The van der Waals surface area contributed by atoms with E-state index in [0.717, 1.165) is 32.5 Å². The lowest BCUT2D eigenvalue weighted by Gasteiger charge is -2.11. The third kappa shape index (κ3) is 2.49. The lowest BCUT2D eigenvalue weighted by molar-refractivity contribution is 0.247. The van der Waals surface area contributed by atoms with Gasteiger partial charge in [0, 0.05) is 26.1 Å². The van der Waals surface area contributed by atoms with Crippen LogP contribution in [0.4, 0.5) is 0 Å². The van der Waals surface area contributed by atoms with Crippen molar-refractivity contribution in [2.45, 2.75) is 18.9 Å². The Labute approximate surface area is 67.4 Å². The van der Waals surface area contributed by atoms with Crippen molar-refractivity contribution in [2.75, 3.05) is 26.2 Å². The Balaban J connectivity index is 2.15. The molecule has 0 aromatic rings. The molecule has 0 saturated carbocycles. The van der Waals surface area contributed by atoms with Crippen LogP contribution >= 0.6 is 0 Å². The summed E-state index contributed by atoms with van der Waals surface area (Å²) in [6, 6.07) is 0.216. The highest BCUT2D eigenvalue weighted by molar-refractivity contribution is 4.88. The summed E-state index contributed by atoms with van der Waals surface area (Å²) < 4.78 is 0. The first-order valence-electron chi connectivity index (χ1n) is 4.06. The maximum atomic E-state index is 8.56. The molecule has 62 valence electrons. The first-order valence-corrected chi connectivity index (χ1v) is 4.06. The molecule has 11 heavy (non-hydrogen) atoms. The van der Waals surface area contributed by atoms with Crippen LogP contribution < -0.4 is 0 Å². The number of hydrogen-bond acceptors (Lipinski definition) is 2. The quantitative estimate of drug-likeness (QED) is 0.594. The van der Waals surface area contributed by atoms with E-state index in [4.69, 9.17) is 11.7 Å². The van der Waals surface area contributed by atoms with E-state index in [9.17, 15) is 0 Å². The normalized spacial score (nSPS) is 25.3. The summed E-state index contributed by atoms with van der Waals surface area (Å²) in [4.78, 5) is 5.74. The Bertz CT molecular complexity index is 153. The Morgan fingerprint density at radius 1 is 1.64 bits per heavy atom. The van der Waals surface area contributed by atoms with Crippen LogP contribution in [0.2, 0.25) is 0 Å². The van der Waals surface area contributed by atoms with Gasteiger partial charge in [0.25, 0.3) is 0 Å². The second-order valence-electron chi connectivity index (χ2n) is 2.95. The van der Waals surface area contributed by atoms with Crippen molar-refractivity contribution in [3.05, 3.63) is 11.4 Å². The van der Waals surface area contributed by atoms with E-state index in [2.05, 4.69) is 9.74 Å². The van der Waals surface area contributed by atoms with Crippen LogP contribution in [0, 0.1) is 6.57 Å². The van der Waals surface area contributed by atoms with Crippen LogP contribution in [0.1, 0.15) is 12.8 Å². The molecule has 1 heterocycles. The number of aliphatic hydroxyl groups excluding tert-OH is 1. The minimum atomic E-state index is 0.216. The molecule has 3 nitrogen and oxygen atoms in total. The van der Waals surface area contributed by atoms with Gasteiger partial charge in [-0.1, -0.05) is 0 Å². The van der Waals surface area contributed by atoms with E-state index in [1.165, 1.54) is 0 Å². The molecule has 1 aliphatic rings. The molecular formula is C8H14N2O. The lowest BCUT2D eigenvalue weighted by Crippen LogP contribution is -2.23. The Morgan fingerprint density at radius 2 is 2.45 bits per heavy atom. The molecule has 3 heteroatoms. The monoisotopic (exact) mass is 154 g/mol. The molecule has 1 atom stereocenters. The van der Waals surface area contributed by atoms with Crippen LogP contribution in [0.15, 0.2) is 0 Å². The third-order valence-corrected chi connectivity index (χ3v) is 2.06. The molecule has 0 unspecified atom stereocenters. The minimum Gasteiger partial charge on any atom is -0.396 e. The van der Waals surface area contributed by atoms with E-state index in [-0.39, 0.29) is 12.6 Å². The number of hydrogen-bond donors (Lipinski definition) is 1. The first kappa shape index (κ1) is 8.51. The van der Waals surface area contributed by atoms with Crippen LogP contribution in [0.5, 0.6) is 0 Å². The standard InChI is InChI=1S/C8H14N2O/c1-9-8-3-5-10(7-8)4-2-6-11/h8,11H,2-7H2/t8-/m0/s1. The average Bonchev–Trinajstić information content (AvgIpc) is 2.48. The van der Waals surface area contributed by atoms with E-state index >= 15 is 0 Å². The first-order chi connectivity index (χ1) is 5.36. The van der Waals surface area contributed by atoms with E-state index in [1.54, 1.807) is 0 Å². The van der Waals surface area contributed by atoms with Crippen molar-refractivity contribution in [1.82, 2.24) is 4.90 Å². The molecule has 1 saturated heterocycles. The Kier molecular flexibility index (Phi) is 3.34. The Morgan fingerprint density at radius 3 is 3.00 bits per heavy atom. The lowest BCUT2D eigenvalue weighted by atomic mass is 10.3. The maximum absolute atomic E-state index is 8.56. The van der Waals surface area contributed by atoms with Crippen molar-refractivity contribution in [3.8, 4) is 0 Å². The zero-order valence-corrected chi connectivity index (χ0v) is 6.66. The molecule has 0 spiro atoms. The number of rotatable bonds is 3. The highest BCUT2D eigenvalue weighted by Gasteiger charge is 2.25. The average molecular weight is 154 g/mol. The summed E-state index contributed by atoms with van der Waals surface area (Å²) in [7, 11) is 0. The zero-order chi connectivity index (χ0) is 8.10. The minimum absolute atomic E-state index is 0.216. The highest BCUT2D eigenvalue weighted by Crippen LogP contribution is 2.11. The van der Waals surface area contributed by atoms with Crippen molar-refractivity contribution >= 4 is 0 Å². The maximum Gasteiger partial charge on any atom is 0.237 e. The fourth-order valence-corrected chi connectivity index (χ4v) is 1.41. The molecule has 0 amide bonds. The summed E-state index contributed by atoms with van der Waals surface area (Å²) in [5, 5.41) is 8.56.